The summed E-state index contributed by atoms with van der Waals surface area (Å²) in [7, 11) is 0. The van der Waals surface area contributed by atoms with E-state index in [4.69, 9.17) is 5.73 Å². The summed E-state index contributed by atoms with van der Waals surface area (Å²) in [5.74, 6) is -4.77. The zero-order valence-electron chi connectivity index (χ0n) is 22.0. The summed E-state index contributed by atoms with van der Waals surface area (Å²) in [5.41, 5.74) is 2.92. The van der Waals surface area contributed by atoms with Gasteiger partial charge in [0.25, 0.3) is 18.8 Å². The van der Waals surface area contributed by atoms with Gasteiger partial charge in [-0.3, -0.25) is 19.3 Å². The van der Waals surface area contributed by atoms with Crippen molar-refractivity contribution in [3.05, 3.63) is 113 Å². The fourth-order valence-corrected chi connectivity index (χ4v) is 4.61. The second-order valence-corrected chi connectivity index (χ2v) is 9.24. The number of alkyl halides is 4. The molecule has 2 aromatic carbocycles. The van der Waals surface area contributed by atoms with Crippen molar-refractivity contribution in [3.63, 3.8) is 0 Å². The molecule has 0 saturated carbocycles. The maximum absolute atomic E-state index is 14.2. The normalized spacial score (nSPS) is 12.0. The average Bonchev–Trinajstić information content (AvgIpc) is 3.31. The fourth-order valence-electron chi connectivity index (χ4n) is 4.61. The molecule has 3 N–H and O–H groups in total. The van der Waals surface area contributed by atoms with Gasteiger partial charge in [-0.15, -0.1) is 0 Å². The molecule has 0 aliphatic heterocycles. The third kappa shape index (κ3) is 6.90. The molecule has 0 spiro atoms. The molecule has 1 atom stereocenters. The molecule has 43 heavy (non-hydrogen) atoms. The van der Waals surface area contributed by atoms with Crippen LogP contribution < -0.4 is 11.1 Å². The lowest BCUT2D eigenvalue weighted by molar-refractivity contribution is -0.122. The van der Waals surface area contributed by atoms with Crippen molar-refractivity contribution in [2.45, 2.75) is 31.9 Å². The third-order valence-corrected chi connectivity index (χ3v) is 6.38. The van der Waals surface area contributed by atoms with Crippen molar-refractivity contribution in [1.29, 1.82) is 0 Å². The smallest absolute Gasteiger partial charge is 0.282 e. The number of carbonyl (C=O) groups excluding carboxylic acids is 2. The number of hydrogen-bond donors (Lipinski definition) is 2. The average molecular weight is 606 g/mol. The molecule has 4 rings (SSSR count). The third-order valence-electron chi connectivity index (χ3n) is 6.38. The molecule has 224 valence electrons. The van der Waals surface area contributed by atoms with E-state index < -0.39 is 77.2 Å². The number of halogens is 7. The van der Waals surface area contributed by atoms with Gasteiger partial charge in [0.1, 0.15) is 35.4 Å². The van der Waals surface area contributed by atoms with Crippen molar-refractivity contribution >= 4 is 17.9 Å². The summed E-state index contributed by atoms with van der Waals surface area (Å²) in [6.45, 7) is 2.34. The Labute approximate surface area is 239 Å². The quantitative estimate of drug-likeness (QED) is 0.202. The second kappa shape index (κ2) is 12.9. The second-order valence-electron chi connectivity index (χ2n) is 9.24. The Bertz CT molecular complexity index is 1670. The number of nitrogens with zero attached hydrogens (tertiary/aromatic N) is 3. The van der Waals surface area contributed by atoms with E-state index in [2.05, 4.69) is 22.0 Å². The van der Waals surface area contributed by atoms with Crippen LogP contribution >= 0.6 is 0 Å². The van der Waals surface area contributed by atoms with E-state index in [1.165, 1.54) is 24.4 Å². The summed E-state index contributed by atoms with van der Waals surface area (Å²) < 4.78 is 97.2. The number of nitrogens with one attached hydrogen (secondary N) is 1. The van der Waals surface area contributed by atoms with Crippen molar-refractivity contribution in [3.8, 4) is 11.1 Å². The van der Waals surface area contributed by atoms with Gasteiger partial charge in [-0.05, 0) is 47.9 Å². The van der Waals surface area contributed by atoms with E-state index in [1.807, 2.05) is 0 Å². The van der Waals surface area contributed by atoms with Gasteiger partial charge in [0, 0.05) is 23.4 Å². The molecule has 0 bridgehead atoms. The molecule has 0 unspecified atom stereocenters. The van der Waals surface area contributed by atoms with Crippen LogP contribution in [-0.2, 0) is 17.8 Å². The molecule has 0 aliphatic rings. The number of primary amides is 1. The van der Waals surface area contributed by atoms with Gasteiger partial charge in [0.15, 0.2) is 0 Å². The van der Waals surface area contributed by atoms with Crippen molar-refractivity contribution < 1.29 is 40.3 Å². The van der Waals surface area contributed by atoms with Crippen LogP contribution in [-0.4, -0.2) is 26.6 Å². The number of carbonyl (C=O) groups is 2. The van der Waals surface area contributed by atoms with Gasteiger partial charge in [-0.2, -0.15) is 5.10 Å². The number of amides is 2. The molecular weight excluding hydrogens is 583 g/mol. The topological polar surface area (TPSA) is 103 Å². The van der Waals surface area contributed by atoms with Gasteiger partial charge in [-0.25, -0.2) is 30.7 Å². The molecule has 4 aromatic rings. The first-order valence-corrected chi connectivity index (χ1v) is 12.5. The maximum atomic E-state index is 14.2. The Morgan fingerprint density at radius 1 is 0.977 bits per heavy atom. The molecular formula is C29H22F7N5O2. The molecule has 0 radical (unpaired) electrons. The molecule has 0 saturated heterocycles. The van der Waals surface area contributed by atoms with Gasteiger partial charge in [0.05, 0.1) is 17.3 Å². The molecule has 14 heteroatoms. The van der Waals surface area contributed by atoms with Crippen LogP contribution in [0.5, 0.6) is 0 Å². The Balaban J connectivity index is 1.77. The van der Waals surface area contributed by atoms with E-state index in [-0.39, 0.29) is 28.8 Å². The van der Waals surface area contributed by atoms with E-state index in [0.29, 0.717) is 10.7 Å². The van der Waals surface area contributed by atoms with E-state index in [9.17, 15) is 40.3 Å². The SMILES string of the molecule is C=Cc1c(C(F)F)nn(CC(=O)N[C@@H](Cc2cc(F)cc(F)c2)c2ncccc2-c2ccc(F)c(C(N)=O)c2)c1C(F)F. The largest absolute Gasteiger partial charge is 0.366 e. The predicted octanol–water partition coefficient (Wildman–Crippen LogP) is 6.08. The van der Waals surface area contributed by atoms with Crippen LogP contribution in [0.3, 0.4) is 0 Å². The summed E-state index contributed by atoms with van der Waals surface area (Å²) in [4.78, 5) is 29.2. The first-order chi connectivity index (χ1) is 20.4. The van der Waals surface area contributed by atoms with Gasteiger partial charge < -0.3 is 11.1 Å². The van der Waals surface area contributed by atoms with Crippen LogP contribution in [0.15, 0.2) is 61.3 Å². The van der Waals surface area contributed by atoms with Crippen molar-refractivity contribution in [1.82, 2.24) is 20.1 Å². The highest BCUT2D eigenvalue weighted by atomic mass is 19.3. The summed E-state index contributed by atoms with van der Waals surface area (Å²) in [6, 6.07) is 7.89. The highest BCUT2D eigenvalue weighted by Crippen LogP contribution is 2.33. The van der Waals surface area contributed by atoms with Crippen LogP contribution in [0, 0.1) is 17.5 Å². The predicted molar refractivity (Wildman–Crippen MR) is 141 cm³/mol. The lowest BCUT2D eigenvalue weighted by Gasteiger charge is -2.22. The van der Waals surface area contributed by atoms with Crippen LogP contribution in [0.25, 0.3) is 17.2 Å². The van der Waals surface area contributed by atoms with Gasteiger partial charge >= 0.3 is 0 Å². The lowest BCUT2D eigenvalue weighted by atomic mass is 9.94. The number of benzene rings is 2. The first-order valence-electron chi connectivity index (χ1n) is 12.5. The van der Waals surface area contributed by atoms with E-state index in [0.717, 1.165) is 30.3 Å². The monoisotopic (exact) mass is 605 g/mol. The van der Waals surface area contributed by atoms with Crippen LogP contribution in [0.2, 0.25) is 0 Å². The Morgan fingerprint density at radius 2 is 1.67 bits per heavy atom. The Kier molecular flexibility index (Phi) is 9.27. The summed E-state index contributed by atoms with van der Waals surface area (Å²) in [6.07, 6.45) is -4.68. The number of nitrogens with two attached hydrogens (primary N) is 1. The minimum Gasteiger partial charge on any atom is -0.366 e. The zero-order chi connectivity index (χ0) is 31.4. The fraction of sp³-hybridized carbons (Fsp3) is 0.172. The minimum atomic E-state index is -3.29. The highest BCUT2D eigenvalue weighted by Gasteiger charge is 2.29. The maximum Gasteiger partial charge on any atom is 0.282 e. The summed E-state index contributed by atoms with van der Waals surface area (Å²) in [5, 5.41) is 6.03. The Morgan fingerprint density at radius 3 is 2.28 bits per heavy atom. The van der Waals surface area contributed by atoms with Gasteiger partial charge in [0.2, 0.25) is 5.91 Å². The molecule has 0 aliphatic carbocycles. The molecule has 7 nitrogen and oxygen atoms in total. The molecule has 2 amide bonds. The van der Waals surface area contributed by atoms with E-state index in [1.54, 1.807) is 0 Å². The van der Waals surface area contributed by atoms with E-state index >= 15 is 0 Å². The number of rotatable bonds is 11. The molecule has 2 heterocycles. The molecule has 2 aromatic heterocycles. The first kappa shape index (κ1) is 30.9. The number of pyridine rings is 1. The van der Waals surface area contributed by atoms with Crippen LogP contribution in [0.1, 0.15) is 57.5 Å². The number of hydrogen-bond acceptors (Lipinski definition) is 4. The zero-order valence-corrected chi connectivity index (χ0v) is 22.0. The van der Waals surface area contributed by atoms with Crippen molar-refractivity contribution in [2.75, 3.05) is 0 Å². The van der Waals surface area contributed by atoms with Gasteiger partial charge in [-0.1, -0.05) is 24.8 Å². The standard InChI is InChI=1S/C29H22F7N5O2/c1-2-18-25(27(33)34)40-41(26(18)28(35)36)13-23(42)39-22(10-14-8-16(30)12-17(31)9-14)24-19(4-3-7-38-24)15-5-6-21(32)20(11-15)29(37)43/h2-9,11-12,22,27-28H,1,10,13H2,(H2,37,43)(H,39,42)/t22-/m0/s1. The Hall–Kier alpha value is -5.01. The highest BCUT2D eigenvalue weighted by molar-refractivity contribution is 5.94. The van der Waals surface area contributed by atoms with Crippen molar-refractivity contribution in [2.24, 2.45) is 5.73 Å². The van der Waals surface area contributed by atoms with Crippen LogP contribution in [0.4, 0.5) is 30.7 Å². The lowest BCUT2D eigenvalue weighted by Crippen LogP contribution is -2.34. The summed E-state index contributed by atoms with van der Waals surface area (Å²) >= 11 is 0. The number of aromatic nitrogens is 3. The minimum absolute atomic E-state index is 0.0672. The molecule has 0 fully saturated rings.